The van der Waals surface area contributed by atoms with Crippen molar-refractivity contribution in [1.29, 1.82) is 0 Å². The van der Waals surface area contributed by atoms with E-state index in [-0.39, 0.29) is 48.7 Å². The normalized spacial score (nSPS) is 42.3. The summed E-state index contributed by atoms with van der Waals surface area (Å²) < 4.78 is 44.5. The molecule has 11 unspecified atom stereocenters. The van der Waals surface area contributed by atoms with Crippen LogP contribution in [0.1, 0.15) is 92.9 Å². The fourth-order valence-corrected chi connectivity index (χ4v) is 9.65. The fraction of sp³-hybridized carbons (Fsp3) is 0.943. The van der Waals surface area contributed by atoms with Gasteiger partial charge >= 0.3 is 12.1 Å². The average molecular weight is 667 g/mol. The van der Waals surface area contributed by atoms with E-state index in [1.54, 1.807) is 4.90 Å². The van der Waals surface area contributed by atoms with E-state index in [0.29, 0.717) is 44.5 Å². The van der Waals surface area contributed by atoms with Crippen molar-refractivity contribution >= 4 is 12.1 Å². The highest BCUT2D eigenvalue weighted by Gasteiger charge is 2.57. The van der Waals surface area contributed by atoms with Crippen LogP contribution in [0, 0.1) is 23.7 Å². The molecule has 268 valence electrons. The van der Waals surface area contributed by atoms with Crippen LogP contribution < -0.4 is 16.0 Å². The third-order valence-corrected chi connectivity index (χ3v) is 11.8. The topological polar surface area (TPSA) is 98.4 Å². The minimum absolute atomic E-state index is 0.0736. The highest BCUT2D eigenvalue weighted by Crippen LogP contribution is 2.43. The zero-order valence-electron chi connectivity index (χ0n) is 29.4. The summed E-state index contributed by atoms with van der Waals surface area (Å²) in [6.45, 7) is 15.0. The molecule has 6 rings (SSSR count). The molecule has 5 heterocycles. The molecule has 47 heavy (non-hydrogen) atoms. The molecule has 1 saturated carbocycles. The first-order valence-corrected chi connectivity index (χ1v) is 18.5. The van der Waals surface area contributed by atoms with Gasteiger partial charge in [0.05, 0.1) is 24.5 Å². The molecular weight excluding hydrogens is 606 g/mol. The minimum Gasteiger partial charge on any atom is -0.444 e. The summed E-state index contributed by atoms with van der Waals surface area (Å²) >= 11 is 0. The number of hydrogen-bond donors (Lipinski definition) is 3. The molecule has 0 aromatic carbocycles. The van der Waals surface area contributed by atoms with Gasteiger partial charge in [0.1, 0.15) is 17.9 Å². The first-order chi connectivity index (χ1) is 22.3. The van der Waals surface area contributed by atoms with E-state index in [1.807, 2.05) is 25.7 Å². The molecule has 0 aromatic rings. The number of carbonyl (C=O) groups is 2. The number of nitrogens with one attached hydrogen (secondary N) is 3. The van der Waals surface area contributed by atoms with Crippen LogP contribution in [0.3, 0.4) is 0 Å². The molecule has 6 fully saturated rings. The van der Waals surface area contributed by atoms with Crippen LogP contribution in [-0.2, 0) is 9.47 Å². The summed E-state index contributed by atoms with van der Waals surface area (Å²) in [5.74, 6) is -0.141. The van der Waals surface area contributed by atoms with Gasteiger partial charge in [-0.15, -0.1) is 0 Å². The number of amides is 3. The zero-order valence-corrected chi connectivity index (χ0v) is 29.4. The van der Waals surface area contributed by atoms with Crippen molar-refractivity contribution in [3.8, 4) is 0 Å². The second-order valence-corrected chi connectivity index (χ2v) is 16.6. The monoisotopic (exact) mass is 666 g/mol. The smallest absolute Gasteiger partial charge is 0.410 e. The van der Waals surface area contributed by atoms with Gasteiger partial charge in [0.15, 0.2) is 0 Å². The van der Waals surface area contributed by atoms with E-state index >= 15 is 8.78 Å². The number of urea groups is 1. The van der Waals surface area contributed by atoms with Gasteiger partial charge in [-0.05, 0) is 91.0 Å². The lowest BCUT2D eigenvalue weighted by Gasteiger charge is -2.59. The Morgan fingerprint density at radius 1 is 1.02 bits per heavy atom. The lowest BCUT2D eigenvalue weighted by atomic mass is 9.73. The number of fused-ring (bicyclic) bond motifs is 6. The van der Waals surface area contributed by atoms with Crippen LogP contribution >= 0.6 is 0 Å². The first kappa shape index (κ1) is 35.1. The van der Waals surface area contributed by atoms with E-state index < -0.39 is 42.2 Å². The van der Waals surface area contributed by atoms with Crippen molar-refractivity contribution in [2.45, 2.75) is 153 Å². The maximum absolute atomic E-state index is 16.7. The summed E-state index contributed by atoms with van der Waals surface area (Å²) in [4.78, 5) is 33.3. The molecule has 5 aliphatic heterocycles. The Morgan fingerprint density at radius 3 is 2.53 bits per heavy atom. The number of rotatable bonds is 2. The highest BCUT2D eigenvalue weighted by atomic mass is 19.1. The lowest BCUT2D eigenvalue weighted by Crippen LogP contribution is -2.79. The summed E-state index contributed by atoms with van der Waals surface area (Å²) in [7, 11) is 0. The summed E-state index contributed by atoms with van der Waals surface area (Å²) in [5, 5.41) is 10.8. The summed E-state index contributed by atoms with van der Waals surface area (Å²) in [6, 6.07) is -0.949. The number of alkyl halides is 2. The van der Waals surface area contributed by atoms with Crippen molar-refractivity contribution in [2.24, 2.45) is 23.7 Å². The standard InChI is InChI=1S/C35H60F2N6O4/c1-20(2)29-26-16-22(18-38-29)10-7-8-15-46-27-12-9-11-24(36)28(27)30-25(37)17-23-31(40-33(44)43(26)32(23)39-30)42-14-13-41(19-21(42)3)34(45)47-35(4,5)6/h20-32,38-39H,7-19H2,1-6H3,(H,40,44)/t21-,22?,23?,24?,25?,26?,27?,28?,29?,30?,31?,32?/m0/s1. The van der Waals surface area contributed by atoms with E-state index in [2.05, 4.69) is 41.6 Å². The van der Waals surface area contributed by atoms with Gasteiger partial charge in [-0.2, -0.15) is 0 Å². The molecule has 5 saturated heterocycles. The van der Waals surface area contributed by atoms with E-state index in [4.69, 9.17) is 9.47 Å². The number of hydrogen-bond acceptors (Lipinski definition) is 7. The third kappa shape index (κ3) is 7.41. The Morgan fingerprint density at radius 2 is 1.81 bits per heavy atom. The second kappa shape index (κ2) is 14.2. The quantitative estimate of drug-likeness (QED) is 0.396. The molecule has 6 aliphatic rings. The van der Waals surface area contributed by atoms with Crippen molar-refractivity contribution in [3.05, 3.63) is 0 Å². The fourth-order valence-electron chi connectivity index (χ4n) is 9.65. The Balaban J connectivity index is 1.32. The van der Waals surface area contributed by atoms with Gasteiger partial charge in [-0.25, -0.2) is 18.4 Å². The Hall–Kier alpha value is -1.76. The zero-order chi connectivity index (χ0) is 33.6. The first-order valence-electron chi connectivity index (χ1n) is 18.5. The Bertz CT molecular complexity index is 1110. The van der Waals surface area contributed by atoms with Gasteiger partial charge in [-0.1, -0.05) is 20.3 Å². The van der Waals surface area contributed by atoms with Crippen molar-refractivity contribution in [1.82, 2.24) is 30.7 Å². The van der Waals surface area contributed by atoms with Gasteiger partial charge < -0.3 is 29.9 Å². The van der Waals surface area contributed by atoms with Crippen molar-refractivity contribution in [3.63, 3.8) is 0 Å². The molecule has 12 atom stereocenters. The number of halogens is 2. The minimum atomic E-state index is -1.28. The third-order valence-electron chi connectivity index (χ3n) is 11.8. The van der Waals surface area contributed by atoms with Gasteiger partial charge in [0.25, 0.3) is 0 Å². The van der Waals surface area contributed by atoms with Gasteiger partial charge in [0, 0.05) is 56.2 Å². The molecule has 0 radical (unpaired) electrons. The SMILES string of the molecule is CC(C)C1NCC2CCCCOC3CCCC(F)C3C3NC4C(CC3F)C(N3CCN(C(=O)OC(C)(C)C)C[C@@H]3C)NC(=O)N4C1C2. The molecule has 12 heteroatoms. The van der Waals surface area contributed by atoms with Crippen LogP contribution in [0.2, 0.25) is 0 Å². The Labute approximate surface area is 280 Å². The Kier molecular flexibility index (Phi) is 10.6. The maximum Gasteiger partial charge on any atom is 0.410 e. The molecule has 3 N–H and O–H groups in total. The molecule has 1 aliphatic carbocycles. The molecule has 3 amide bonds. The number of nitrogens with zero attached hydrogens (tertiary/aromatic N) is 3. The van der Waals surface area contributed by atoms with Crippen molar-refractivity contribution in [2.75, 3.05) is 32.8 Å². The van der Waals surface area contributed by atoms with E-state index in [1.165, 1.54) is 0 Å². The van der Waals surface area contributed by atoms with E-state index in [9.17, 15) is 9.59 Å². The molecule has 4 bridgehead atoms. The lowest BCUT2D eigenvalue weighted by molar-refractivity contribution is -0.115. The molecule has 0 spiro atoms. The summed E-state index contributed by atoms with van der Waals surface area (Å²) in [6.07, 6.45) is 1.98. The number of piperazine rings is 1. The largest absolute Gasteiger partial charge is 0.444 e. The van der Waals surface area contributed by atoms with Crippen LogP contribution in [0.15, 0.2) is 0 Å². The number of piperidine rings is 2. The van der Waals surface area contributed by atoms with Crippen LogP contribution in [0.5, 0.6) is 0 Å². The van der Waals surface area contributed by atoms with Crippen molar-refractivity contribution < 1.29 is 27.8 Å². The van der Waals surface area contributed by atoms with Gasteiger partial charge in [0.2, 0.25) is 0 Å². The number of carbonyl (C=O) groups excluding carboxylic acids is 2. The predicted molar refractivity (Wildman–Crippen MR) is 176 cm³/mol. The van der Waals surface area contributed by atoms with Crippen LogP contribution in [0.4, 0.5) is 18.4 Å². The maximum atomic E-state index is 16.7. The predicted octanol–water partition coefficient (Wildman–Crippen LogP) is 4.63. The molecule has 0 aromatic heterocycles. The molecular formula is C35H60F2N6O4. The average Bonchev–Trinajstić information content (AvgIpc) is 2.99. The number of ether oxygens (including phenoxy) is 2. The van der Waals surface area contributed by atoms with E-state index in [0.717, 1.165) is 45.1 Å². The van der Waals surface area contributed by atoms with Crippen LogP contribution in [0.25, 0.3) is 0 Å². The molecule has 10 nitrogen and oxygen atoms in total. The van der Waals surface area contributed by atoms with Crippen LogP contribution in [-0.4, -0.2) is 120 Å². The second-order valence-electron chi connectivity index (χ2n) is 16.6. The summed E-state index contributed by atoms with van der Waals surface area (Å²) in [5.41, 5.74) is -0.591. The highest BCUT2D eigenvalue weighted by molar-refractivity contribution is 5.76. The van der Waals surface area contributed by atoms with Gasteiger partial charge in [-0.3, -0.25) is 10.2 Å².